The van der Waals surface area contributed by atoms with Gasteiger partial charge in [0.25, 0.3) is 0 Å². The zero-order valence-corrected chi connectivity index (χ0v) is 28.3. The van der Waals surface area contributed by atoms with E-state index < -0.39 is 6.10 Å². The van der Waals surface area contributed by atoms with Crippen LogP contribution in [0.5, 0.6) is 0 Å². The lowest BCUT2D eigenvalue weighted by molar-refractivity contribution is -0.143. The number of hydrogen-bond donors (Lipinski definition) is 3. The molecular formula is C37H68O7. The minimum absolute atomic E-state index is 0.0554. The summed E-state index contributed by atoms with van der Waals surface area (Å²) in [7, 11) is 0. The van der Waals surface area contributed by atoms with Crippen molar-refractivity contribution in [1.29, 1.82) is 0 Å². The zero-order valence-electron chi connectivity index (χ0n) is 28.3. The van der Waals surface area contributed by atoms with Gasteiger partial charge in [-0.15, -0.1) is 0 Å². The Hall–Kier alpha value is -0.730. The molecule has 7 heteroatoms. The standard InChI is InChI=1S/C37H68O7/c1-3-4-5-6-7-13-16-19-22-30(38)32-24-26-34(43-32)35-27-25-33(44-35)31(39)23-20-17-14-11-9-8-10-12-15-18-21-29-36(40)28(2)42-37(29)41/h28-36,38-40H,3-27H2,1-2H3/t28-,29-,30-,31-,32-,33-,34-,35-,36-/m0/s1. The molecule has 3 N–H and O–H groups in total. The Morgan fingerprint density at radius 3 is 1.45 bits per heavy atom. The zero-order chi connectivity index (χ0) is 31.6. The van der Waals surface area contributed by atoms with Gasteiger partial charge in [0.2, 0.25) is 0 Å². The smallest absolute Gasteiger partial charge is 0.312 e. The molecule has 3 saturated heterocycles. The average Bonchev–Trinajstić information content (AvgIpc) is 3.75. The first-order valence-electron chi connectivity index (χ1n) is 19.0. The van der Waals surface area contributed by atoms with E-state index >= 15 is 0 Å². The summed E-state index contributed by atoms with van der Waals surface area (Å²) in [6.45, 7) is 4.02. The first-order chi connectivity index (χ1) is 21.4. The van der Waals surface area contributed by atoms with Gasteiger partial charge in [-0.05, 0) is 51.9 Å². The predicted octanol–water partition coefficient (Wildman–Crippen LogP) is 7.94. The maximum absolute atomic E-state index is 11.7. The Labute approximate surface area is 269 Å². The Morgan fingerprint density at radius 2 is 1.05 bits per heavy atom. The van der Waals surface area contributed by atoms with E-state index in [0.717, 1.165) is 77.0 Å². The maximum Gasteiger partial charge on any atom is 0.312 e. The summed E-state index contributed by atoms with van der Waals surface area (Å²) in [5.74, 6) is -0.557. The topological polar surface area (TPSA) is 105 Å². The van der Waals surface area contributed by atoms with Crippen molar-refractivity contribution in [2.75, 3.05) is 0 Å². The quantitative estimate of drug-likeness (QED) is 0.0699. The summed E-state index contributed by atoms with van der Waals surface area (Å²) in [5.41, 5.74) is 0. The minimum atomic E-state index is -0.638. The lowest BCUT2D eigenvalue weighted by atomic mass is 9.95. The van der Waals surface area contributed by atoms with Crippen molar-refractivity contribution in [3.63, 3.8) is 0 Å². The molecule has 0 radical (unpaired) electrons. The van der Waals surface area contributed by atoms with Crippen LogP contribution < -0.4 is 0 Å². The lowest BCUT2D eigenvalue weighted by Gasteiger charge is -2.24. The van der Waals surface area contributed by atoms with E-state index in [1.54, 1.807) is 6.92 Å². The fraction of sp³-hybridized carbons (Fsp3) is 0.973. The summed E-state index contributed by atoms with van der Waals surface area (Å²) in [5, 5.41) is 31.5. The van der Waals surface area contributed by atoms with Crippen LogP contribution in [0.2, 0.25) is 0 Å². The first-order valence-corrected chi connectivity index (χ1v) is 19.0. The highest BCUT2D eigenvalue weighted by Gasteiger charge is 2.41. The number of ether oxygens (including phenoxy) is 3. The van der Waals surface area contributed by atoms with Crippen molar-refractivity contribution in [3.05, 3.63) is 0 Å². The van der Waals surface area contributed by atoms with E-state index in [4.69, 9.17) is 14.2 Å². The van der Waals surface area contributed by atoms with E-state index in [1.165, 1.54) is 83.5 Å². The van der Waals surface area contributed by atoms with Crippen LogP contribution in [-0.4, -0.2) is 70.1 Å². The van der Waals surface area contributed by atoms with Crippen molar-refractivity contribution in [2.24, 2.45) is 5.92 Å². The van der Waals surface area contributed by atoms with Gasteiger partial charge >= 0.3 is 5.97 Å². The number of carbonyl (C=O) groups is 1. The molecule has 0 unspecified atom stereocenters. The average molecular weight is 625 g/mol. The lowest BCUT2D eigenvalue weighted by Crippen LogP contribution is -2.33. The van der Waals surface area contributed by atoms with Gasteiger partial charge in [0, 0.05) is 0 Å². The third kappa shape index (κ3) is 13.6. The van der Waals surface area contributed by atoms with Crippen LogP contribution in [0, 0.1) is 5.92 Å². The maximum atomic E-state index is 11.7. The highest BCUT2D eigenvalue weighted by molar-refractivity contribution is 5.75. The second kappa shape index (κ2) is 22.0. The summed E-state index contributed by atoms with van der Waals surface area (Å²) in [6.07, 6.45) is 26.3. The van der Waals surface area contributed by atoms with Gasteiger partial charge in [0.1, 0.15) is 12.2 Å². The number of hydrogen-bond acceptors (Lipinski definition) is 7. The molecule has 0 aromatic heterocycles. The van der Waals surface area contributed by atoms with Gasteiger partial charge in [-0.2, -0.15) is 0 Å². The third-order valence-corrected chi connectivity index (χ3v) is 10.6. The van der Waals surface area contributed by atoms with Crippen LogP contribution in [-0.2, 0) is 19.0 Å². The molecule has 0 bridgehead atoms. The molecule has 44 heavy (non-hydrogen) atoms. The number of aliphatic hydroxyl groups is 3. The molecule has 3 fully saturated rings. The Balaban J connectivity index is 1.11. The van der Waals surface area contributed by atoms with E-state index in [0.29, 0.717) is 0 Å². The molecule has 0 aliphatic carbocycles. The monoisotopic (exact) mass is 624 g/mol. The molecule has 0 amide bonds. The Bertz CT molecular complexity index is 747. The van der Waals surface area contributed by atoms with Crippen molar-refractivity contribution in [3.8, 4) is 0 Å². The first kappa shape index (κ1) is 37.7. The highest BCUT2D eigenvalue weighted by atomic mass is 16.6. The molecule has 258 valence electrons. The highest BCUT2D eigenvalue weighted by Crippen LogP contribution is 2.35. The van der Waals surface area contributed by atoms with E-state index in [2.05, 4.69) is 6.92 Å². The summed E-state index contributed by atoms with van der Waals surface area (Å²) in [4.78, 5) is 11.7. The normalized spacial score (nSPS) is 30.2. The molecule has 3 heterocycles. The Kier molecular flexibility index (Phi) is 18.8. The van der Waals surface area contributed by atoms with Gasteiger partial charge in [-0.3, -0.25) is 4.79 Å². The minimum Gasteiger partial charge on any atom is -0.460 e. The molecule has 0 saturated carbocycles. The van der Waals surface area contributed by atoms with Gasteiger partial charge in [0.15, 0.2) is 0 Å². The molecule has 3 aliphatic rings. The molecule has 0 aromatic carbocycles. The number of aliphatic hydroxyl groups excluding tert-OH is 3. The SMILES string of the molecule is CCCCCCCCCC[C@H](O)[C@@H]1CC[C@@H]([C@@H]2CC[C@@H]([C@@H](O)CCCCCCCCCCCC[C@@H]3C(=O)O[C@@H](C)[C@@H]3O)O2)O1. The summed E-state index contributed by atoms with van der Waals surface area (Å²) >= 11 is 0. The van der Waals surface area contributed by atoms with Crippen molar-refractivity contribution in [1.82, 2.24) is 0 Å². The molecule has 3 aliphatic heterocycles. The van der Waals surface area contributed by atoms with Crippen LogP contribution in [0.1, 0.15) is 174 Å². The largest absolute Gasteiger partial charge is 0.460 e. The fourth-order valence-electron chi connectivity index (χ4n) is 7.58. The second-order valence-corrected chi connectivity index (χ2v) is 14.3. The molecule has 0 aromatic rings. The van der Waals surface area contributed by atoms with Crippen molar-refractivity contribution >= 4 is 5.97 Å². The van der Waals surface area contributed by atoms with Crippen molar-refractivity contribution in [2.45, 2.75) is 223 Å². The van der Waals surface area contributed by atoms with Gasteiger partial charge in [-0.1, -0.05) is 122 Å². The number of esters is 1. The molecular weight excluding hydrogens is 556 g/mol. The number of unbranched alkanes of at least 4 members (excludes halogenated alkanes) is 16. The molecule has 9 atom stereocenters. The van der Waals surface area contributed by atoms with Crippen LogP contribution in [0.3, 0.4) is 0 Å². The Morgan fingerprint density at radius 1 is 0.636 bits per heavy atom. The van der Waals surface area contributed by atoms with Gasteiger partial charge < -0.3 is 29.5 Å². The number of carbonyl (C=O) groups excluding carboxylic acids is 1. The molecule has 0 spiro atoms. The van der Waals surface area contributed by atoms with Crippen LogP contribution >= 0.6 is 0 Å². The van der Waals surface area contributed by atoms with Gasteiger partial charge in [0.05, 0.1) is 42.5 Å². The fourth-order valence-corrected chi connectivity index (χ4v) is 7.58. The number of cyclic esters (lactones) is 1. The van der Waals surface area contributed by atoms with Crippen molar-refractivity contribution < 1.29 is 34.3 Å². The van der Waals surface area contributed by atoms with Crippen LogP contribution in [0.15, 0.2) is 0 Å². The van der Waals surface area contributed by atoms with Crippen LogP contribution in [0.25, 0.3) is 0 Å². The van der Waals surface area contributed by atoms with Crippen LogP contribution in [0.4, 0.5) is 0 Å². The third-order valence-electron chi connectivity index (χ3n) is 10.6. The van der Waals surface area contributed by atoms with E-state index in [-0.39, 0.29) is 54.6 Å². The molecule has 3 rings (SSSR count). The second-order valence-electron chi connectivity index (χ2n) is 14.3. The number of rotatable bonds is 25. The van der Waals surface area contributed by atoms with E-state index in [9.17, 15) is 20.1 Å². The summed E-state index contributed by atoms with van der Waals surface area (Å²) < 4.78 is 17.7. The molecule has 7 nitrogen and oxygen atoms in total. The summed E-state index contributed by atoms with van der Waals surface area (Å²) in [6, 6.07) is 0. The van der Waals surface area contributed by atoms with Gasteiger partial charge in [-0.25, -0.2) is 0 Å². The van der Waals surface area contributed by atoms with E-state index in [1.807, 2.05) is 0 Å². The predicted molar refractivity (Wildman–Crippen MR) is 175 cm³/mol.